The zero-order chi connectivity index (χ0) is 21.2. The molecule has 1 aliphatic heterocycles. The highest BCUT2D eigenvalue weighted by molar-refractivity contribution is 6.11. The molecule has 3 amide bonds. The Kier molecular flexibility index (Phi) is 5.96. The van der Waals surface area contributed by atoms with E-state index < -0.39 is 11.6 Å². The van der Waals surface area contributed by atoms with Crippen molar-refractivity contribution in [2.75, 3.05) is 6.54 Å². The summed E-state index contributed by atoms with van der Waals surface area (Å²) < 4.78 is 7.41. The number of urea groups is 1. The molecule has 0 atom stereocenters. The van der Waals surface area contributed by atoms with Crippen molar-refractivity contribution in [1.82, 2.24) is 14.8 Å². The van der Waals surface area contributed by atoms with Gasteiger partial charge in [0.15, 0.2) is 5.78 Å². The van der Waals surface area contributed by atoms with Gasteiger partial charge in [0, 0.05) is 17.0 Å². The monoisotopic (exact) mass is 399 g/mol. The number of aryl methyl sites for hydroxylation is 1. The standard InChI is InChI=1S/C22H29N3O4/c1-5-9-22(10-6-2)20(27)25(21(28)23-22)14-19(26)18-12-15(3)24(16(18)4)13-17-8-7-11-29-17/h7-8,11-12H,5-6,9-10,13-14H2,1-4H3,(H,23,28). The SMILES string of the molecule is CCCC1(CCC)NC(=O)N(CC(=O)c2cc(C)n(Cc3ccco3)c2C)C1=O. The van der Waals surface area contributed by atoms with E-state index in [9.17, 15) is 14.4 Å². The van der Waals surface area contributed by atoms with Crippen molar-refractivity contribution in [2.24, 2.45) is 0 Å². The minimum Gasteiger partial charge on any atom is -0.467 e. The number of nitrogens with zero attached hydrogens (tertiary/aromatic N) is 2. The fourth-order valence-corrected chi connectivity index (χ4v) is 4.25. The van der Waals surface area contributed by atoms with Crippen LogP contribution < -0.4 is 5.32 Å². The minimum absolute atomic E-state index is 0.240. The van der Waals surface area contributed by atoms with Gasteiger partial charge in [-0.05, 0) is 44.9 Å². The number of furan rings is 1. The molecule has 0 spiro atoms. The Labute approximate surface area is 171 Å². The largest absolute Gasteiger partial charge is 0.467 e. The number of aromatic nitrogens is 1. The summed E-state index contributed by atoms with van der Waals surface area (Å²) in [5.41, 5.74) is 1.37. The lowest BCUT2D eigenvalue weighted by Crippen LogP contribution is -2.47. The van der Waals surface area contributed by atoms with E-state index in [0.717, 1.165) is 34.9 Å². The van der Waals surface area contributed by atoms with Crippen LogP contribution in [0.15, 0.2) is 28.9 Å². The Balaban J connectivity index is 1.80. The van der Waals surface area contributed by atoms with E-state index in [4.69, 9.17) is 4.42 Å². The second-order valence-corrected chi connectivity index (χ2v) is 7.78. The minimum atomic E-state index is -0.878. The third kappa shape index (κ3) is 3.86. The van der Waals surface area contributed by atoms with Crippen LogP contribution in [0.5, 0.6) is 0 Å². The lowest BCUT2D eigenvalue weighted by Gasteiger charge is -2.25. The molecule has 2 aromatic heterocycles. The van der Waals surface area contributed by atoms with Crippen LogP contribution in [0, 0.1) is 13.8 Å². The molecule has 3 rings (SSSR count). The second-order valence-electron chi connectivity index (χ2n) is 7.78. The number of carbonyl (C=O) groups excluding carboxylic acids is 3. The third-order valence-electron chi connectivity index (χ3n) is 5.67. The average Bonchev–Trinajstić information content (AvgIpc) is 3.34. The van der Waals surface area contributed by atoms with Gasteiger partial charge in [-0.15, -0.1) is 0 Å². The number of hydrogen-bond donors (Lipinski definition) is 1. The summed E-state index contributed by atoms with van der Waals surface area (Å²) in [6.45, 7) is 8.04. The van der Waals surface area contributed by atoms with Gasteiger partial charge in [-0.2, -0.15) is 0 Å². The highest BCUT2D eigenvalue weighted by Crippen LogP contribution is 2.28. The van der Waals surface area contributed by atoms with E-state index in [1.807, 2.05) is 50.5 Å². The van der Waals surface area contributed by atoms with E-state index in [1.165, 1.54) is 0 Å². The number of hydrogen-bond acceptors (Lipinski definition) is 4. The fourth-order valence-electron chi connectivity index (χ4n) is 4.25. The summed E-state index contributed by atoms with van der Waals surface area (Å²) in [6, 6.07) is 5.04. The molecule has 0 aromatic carbocycles. The molecule has 1 N–H and O–H groups in total. The number of ketones is 1. The summed E-state index contributed by atoms with van der Waals surface area (Å²) in [5.74, 6) is 0.267. The number of nitrogens with one attached hydrogen (secondary N) is 1. The van der Waals surface area contributed by atoms with Crippen molar-refractivity contribution >= 4 is 17.7 Å². The molecule has 0 bridgehead atoms. The first-order valence-electron chi connectivity index (χ1n) is 10.2. The van der Waals surface area contributed by atoms with Gasteiger partial charge in [-0.3, -0.25) is 14.5 Å². The first kappa shape index (κ1) is 20.9. The quantitative estimate of drug-likeness (QED) is 0.513. The number of rotatable bonds is 9. The van der Waals surface area contributed by atoms with E-state index in [1.54, 1.807) is 6.26 Å². The zero-order valence-corrected chi connectivity index (χ0v) is 17.6. The van der Waals surface area contributed by atoms with Gasteiger partial charge in [0.05, 0.1) is 19.4 Å². The van der Waals surface area contributed by atoms with Gasteiger partial charge >= 0.3 is 6.03 Å². The van der Waals surface area contributed by atoms with E-state index >= 15 is 0 Å². The number of Topliss-reactive ketones (excluding diaryl/α,β-unsaturated/α-hetero) is 1. The summed E-state index contributed by atoms with van der Waals surface area (Å²) in [5, 5.41) is 2.85. The lowest BCUT2D eigenvalue weighted by molar-refractivity contribution is -0.131. The van der Waals surface area contributed by atoms with Crippen LogP contribution in [0.25, 0.3) is 0 Å². The van der Waals surface area contributed by atoms with E-state index in [0.29, 0.717) is 24.9 Å². The van der Waals surface area contributed by atoms with Crippen molar-refractivity contribution in [1.29, 1.82) is 0 Å². The van der Waals surface area contributed by atoms with Crippen molar-refractivity contribution in [3.05, 3.63) is 47.2 Å². The highest BCUT2D eigenvalue weighted by Gasteiger charge is 2.50. The van der Waals surface area contributed by atoms with Crippen molar-refractivity contribution in [3.63, 3.8) is 0 Å². The Morgan fingerprint density at radius 1 is 1.17 bits per heavy atom. The highest BCUT2D eigenvalue weighted by atomic mass is 16.3. The molecular weight excluding hydrogens is 370 g/mol. The van der Waals surface area contributed by atoms with Gasteiger partial charge in [0.1, 0.15) is 11.3 Å². The van der Waals surface area contributed by atoms with Crippen LogP contribution in [0.1, 0.15) is 67.0 Å². The molecule has 1 aliphatic rings. The summed E-state index contributed by atoms with van der Waals surface area (Å²) in [4.78, 5) is 39.6. The third-order valence-corrected chi connectivity index (χ3v) is 5.67. The number of amides is 3. The smallest absolute Gasteiger partial charge is 0.325 e. The maximum atomic E-state index is 13.0. The van der Waals surface area contributed by atoms with Crippen LogP contribution in [0.3, 0.4) is 0 Å². The first-order chi connectivity index (χ1) is 13.8. The zero-order valence-electron chi connectivity index (χ0n) is 17.6. The summed E-state index contributed by atoms with van der Waals surface area (Å²) >= 11 is 0. The van der Waals surface area contributed by atoms with Gasteiger partial charge in [0.25, 0.3) is 5.91 Å². The van der Waals surface area contributed by atoms with Gasteiger partial charge in [-0.25, -0.2) is 4.79 Å². The van der Waals surface area contributed by atoms with Gasteiger partial charge in [-0.1, -0.05) is 26.7 Å². The predicted molar refractivity (Wildman–Crippen MR) is 109 cm³/mol. The van der Waals surface area contributed by atoms with Crippen molar-refractivity contribution < 1.29 is 18.8 Å². The molecular formula is C22H29N3O4. The summed E-state index contributed by atoms with van der Waals surface area (Å²) in [6.07, 6.45) is 4.33. The van der Waals surface area contributed by atoms with Crippen LogP contribution in [-0.4, -0.2) is 39.3 Å². The Morgan fingerprint density at radius 2 is 1.86 bits per heavy atom. The Bertz CT molecular complexity index is 905. The number of carbonyl (C=O) groups is 3. The van der Waals surface area contributed by atoms with Crippen LogP contribution in [-0.2, 0) is 11.3 Å². The van der Waals surface area contributed by atoms with Gasteiger partial charge in [0.2, 0.25) is 0 Å². The lowest BCUT2D eigenvalue weighted by atomic mass is 9.88. The molecule has 0 saturated carbocycles. The molecule has 1 saturated heterocycles. The molecule has 0 unspecified atom stereocenters. The maximum Gasteiger partial charge on any atom is 0.325 e. The van der Waals surface area contributed by atoms with Crippen LogP contribution in [0.2, 0.25) is 0 Å². The second kappa shape index (κ2) is 8.27. The van der Waals surface area contributed by atoms with Crippen molar-refractivity contribution in [2.45, 2.75) is 65.5 Å². The molecule has 0 radical (unpaired) electrons. The van der Waals surface area contributed by atoms with Crippen LogP contribution >= 0.6 is 0 Å². The predicted octanol–water partition coefficient (Wildman–Crippen LogP) is 3.82. The van der Waals surface area contributed by atoms with E-state index in [2.05, 4.69) is 5.32 Å². The molecule has 156 valence electrons. The molecule has 2 aromatic rings. The molecule has 3 heterocycles. The summed E-state index contributed by atoms with van der Waals surface area (Å²) in [7, 11) is 0. The Morgan fingerprint density at radius 3 is 2.45 bits per heavy atom. The molecule has 1 fully saturated rings. The number of imide groups is 1. The average molecular weight is 399 g/mol. The first-order valence-corrected chi connectivity index (χ1v) is 10.2. The van der Waals surface area contributed by atoms with Gasteiger partial charge < -0.3 is 14.3 Å². The maximum absolute atomic E-state index is 13.0. The normalized spacial score (nSPS) is 15.8. The Hall–Kier alpha value is -2.83. The molecule has 7 heteroatoms. The van der Waals surface area contributed by atoms with Crippen LogP contribution in [0.4, 0.5) is 4.79 Å². The topological polar surface area (TPSA) is 84.6 Å². The van der Waals surface area contributed by atoms with E-state index in [-0.39, 0.29) is 18.2 Å². The fraction of sp³-hybridized carbons (Fsp3) is 0.500. The molecule has 29 heavy (non-hydrogen) atoms. The van der Waals surface area contributed by atoms with Crippen molar-refractivity contribution in [3.8, 4) is 0 Å². The molecule has 7 nitrogen and oxygen atoms in total. The molecule has 0 aliphatic carbocycles.